The smallest absolute Gasteiger partial charge is 0.166 e. The van der Waals surface area contributed by atoms with E-state index in [2.05, 4.69) is 162 Å². The van der Waals surface area contributed by atoms with Crippen molar-refractivity contribution in [3.05, 3.63) is 181 Å². The molecule has 10 rings (SSSR count). The van der Waals surface area contributed by atoms with Crippen LogP contribution in [0.25, 0.3) is 58.9 Å². The Kier molecular flexibility index (Phi) is 6.78. The lowest BCUT2D eigenvalue weighted by molar-refractivity contribution is 0.770. The molecule has 0 bridgehead atoms. The molecule has 0 spiro atoms. The van der Waals surface area contributed by atoms with E-state index in [9.17, 15) is 0 Å². The lowest BCUT2D eigenvalue weighted by Crippen LogP contribution is -2.18. The highest BCUT2D eigenvalue weighted by Gasteiger charge is 2.24. The van der Waals surface area contributed by atoms with Gasteiger partial charge in [0, 0.05) is 50.1 Å². The molecule has 0 unspecified atom stereocenters. The average Bonchev–Trinajstić information content (AvgIpc) is 3.74. The number of para-hydroxylation sites is 2. The van der Waals surface area contributed by atoms with Gasteiger partial charge in [0.2, 0.25) is 0 Å². The standard InChI is InChI=1S/C45H30N4S/c1-4-12-29(13-5-1)38-28-39(30-14-6-2-7-15-30)48-44(47-38)35-24-25-46-45-43(35)37-27-32(21-23-42(37)50-45)31-20-22-41-36(26-31)34-18-10-11-19-40(34)49(41)33-16-8-3-9-17-33/h1-27,44H,28H2. The van der Waals surface area contributed by atoms with Crippen LogP contribution in [-0.4, -0.2) is 21.0 Å². The molecule has 0 radical (unpaired) electrons. The van der Waals surface area contributed by atoms with Gasteiger partial charge >= 0.3 is 0 Å². The minimum absolute atomic E-state index is 0.374. The fourth-order valence-electron chi connectivity index (χ4n) is 7.45. The second kappa shape index (κ2) is 11.8. The van der Waals surface area contributed by atoms with E-state index >= 15 is 0 Å². The number of pyridine rings is 1. The molecule has 1 aliphatic heterocycles. The summed E-state index contributed by atoms with van der Waals surface area (Å²) in [5.74, 6) is 0. The summed E-state index contributed by atoms with van der Waals surface area (Å²) < 4.78 is 3.57. The summed E-state index contributed by atoms with van der Waals surface area (Å²) in [7, 11) is 0. The van der Waals surface area contributed by atoms with E-state index in [0.29, 0.717) is 6.42 Å². The summed E-state index contributed by atoms with van der Waals surface area (Å²) in [5.41, 5.74) is 11.4. The largest absolute Gasteiger partial charge is 0.309 e. The summed E-state index contributed by atoms with van der Waals surface area (Å²) in [6.45, 7) is 0. The van der Waals surface area contributed by atoms with Crippen LogP contribution in [0.4, 0.5) is 0 Å². The van der Waals surface area contributed by atoms with Crippen molar-refractivity contribution in [2.45, 2.75) is 12.6 Å². The second-order valence-electron chi connectivity index (χ2n) is 12.7. The van der Waals surface area contributed by atoms with Crippen molar-refractivity contribution in [2.24, 2.45) is 9.98 Å². The maximum atomic E-state index is 5.31. The number of fused-ring (bicyclic) bond motifs is 6. The fraction of sp³-hybridized carbons (Fsp3) is 0.0444. The quantitative estimate of drug-likeness (QED) is 0.181. The SMILES string of the molecule is c1ccc(C2=NC(c3ccnc4sc5ccc(-c6ccc7c(c6)c6ccccc6n7-c6ccccc6)cc5c34)N=C(c3ccccc3)C2)cc1. The van der Waals surface area contributed by atoms with Gasteiger partial charge in [-0.05, 0) is 70.8 Å². The monoisotopic (exact) mass is 658 g/mol. The molecule has 4 heterocycles. The highest BCUT2D eigenvalue weighted by atomic mass is 32.1. The third kappa shape index (κ3) is 4.78. The van der Waals surface area contributed by atoms with Gasteiger partial charge in [0.25, 0.3) is 0 Å². The van der Waals surface area contributed by atoms with E-state index in [1.807, 2.05) is 6.20 Å². The number of benzene rings is 6. The van der Waals surface area contributed by atoms with Crippen molar-refractivity contribution in [2.75, 3.05) is 0 Å². The van der Waals surface area contributed by atoms with Crippen LogP contribution < -0.4 is 0 Å². The molecule has 0 saturated carbocycles. The predicted molar refractivity (Wildman–Crippen MR) is 210 cm³/mol. The fourth-order valence-corrected chi connectivity index (χ4v) is 8.51. The van der Waals surface area contributed by atoms with Crippen LogP contribution >= 0.6 is 11.3 Å². The van der Waals surface area contributed by atoms with Crippen LogP contribution in [0.3, 0.4) is 0 Å². The van der Waals surface area contributed by atoms with E-state index in [4.69, 9.17) is 15.0 Å². The Morgan fingerprint density at radius 2 is 1.12 bits per heavy atom. The summed E-state index contributed by atoms with van der Waals surface area (Å²) in [4.78, 5) is 16.5. The maximum absolute atomic E-state index is 5.31. The number of hydrogen-bond acceptors (Lipinski definition) is 4. The van der Waals surface area contributed by atoms with Crippen LogP contribution in [-0.2, 0) is 0 Å². The van der Waals surface area contributed by atoms with Crippen molar-refractivity contribution in [3.8, 4) is 16.8 Å². The molecule has 0 aliphatic carbocycles. The van der Waals surface area contributed by atoms with E-state index in [1.165, 1.54) is 43.0 Å². The van der Waals surface area contributed by atoms with Crippen molar-refractivity contribution in [1.82, 2.24) is 9.55 Å². The Morgan fingerprint density at radius 1 is 0.520 bits per heavy atom. The predicted octanol–water partition coefficient (Wildman–Crippen LogP) is 11.6. The summed E-state index contributed by atoms with van der Waals surface area (Å²) >= 11 is 1.73. The molecule has 50 heavy (non-hydrogen) atoms. The van der Waals surface area contributed by atoms with Gasteiger partial charge in [-0.15, -0.1) is 11.3 Å². The zero-order valence-corrected chi connectivity index (χ0v) is 27.9. The van der Waals surface area contributed by atoms with Gasteiger partial charge in [-0.2, -0.15) is 0 Å². The number of hydrogen-bond donors (Lipinski definition) is 0. The molecule has 1 aliphatic rings. The number of thiophene rings is 1. The van der Waals surface area contributed by atoms with Gasteiger partial charge in [0.15, 0.2) is 6.17 Å². The first kappa shape index (κ1) is 28.8. The van der Waals surface area contributed by atoms with Crippen LogP contribution in [0.1, 0.15) is 29.3 Å². The van der Waals surface area contributed by atoms with Crippen molar-refractivity contribution in [3.63, 3.8) is 0 Å². The van der Waals surface area contributed by atoms with Crippen LogP contribution in [0.2, 0.25) is 0 Å². The first-order valence-corrected chi connectivity index (χ1v) is 17.7. The minimum Gasteiger partial charge on any atom is -0.309 e. The molecule has 3 aromatic heterocycles. The van der Waals surface area contributed by atoms with E-state index in [0.717, 1.165) is 44.0 Å². The Bertz CT molecular complexity index is 2720. The van der Waals surface area contributed by atoms with Gasteiger partial charge in [-0.1, -0.05) is 109 Å². The van der Waals surface area contributed by atoms with Crippen LogP contribution in [0.15, 0.2) is 174 Å². The van der Waals surface area contributed by atoms with Gasteiger partial charge in [0.05, 0.1) is 22.5 Å². The molecule has 0 N–H and O–H groups in total. The van der Waals surface area contributed by atoms with Gasteiger partial charge in [0.1, 0.15) is 4.83 Å². The summed E-state index contributed by atoms with van der Waals surface area (Å²) in [6, 6.07) is 56.1. The third-order valence-electron chi connectivity index (χ3n) is 9.81. The Labute approximate surface area is 293 Å². The molecule has 5 heteroatoms. The zero-order valence-electron chi connectivity index (χ0n) is 27.1. The average molecular weight is 659 g/mol. The zero-order chi connectivity index (χ0) is 33.0. The van der Waals surface area contributed by atoms with Crippen molar-refractivity contribution < 1.29 is 0 Å². The minimum atomic E-state index is -0.374. The summed E-state index contributed by atoms with van der Waals surface area (Å²) in [5, 5.41) is 4.82. The van der Waals surface area contributed by atoms with Crippen molar-refractivity contribution >= 4 is 64.9 Å². The molecule has 0 saturated heterocycles. The topological polar surface area (TPSA) is 42.5 Å². The van der Waals surface area contributed by atoms with Crippen molar-refractivity contribution in [1.29, 1.82) is 0 Å². The second-order valence-corrected chi connectivity index (χ2v) is 13.8. The van der Waals surface area contributed by atoms with E-state index in [-0.39, 0.29) is 6.17 Å². The van der Waals surface area contributed by atoms with Gasteiger partial charge < -0.3 is 4.57 Å². The molecule has 236 valence electrons. The lowest BCUT2D eigenvalue weighted by atomic mass is 9.96. The highest BCUT2D eigenvalue weighted by Crippen LogP contribution is 2.42. The number of rotatable bonds is 5. The maximum Gasteiger partial charge on any atom is 0.166 e. The molecule has 0 atom stereocenters. The van der Waals surface area contributed by atoms with Gasteiger partial charge in [-0.25, -0.2) is 4.98 Å². The van der Waals surface area contributed by atoms with E-state index in [1.54, 1.807) is 11.3 Å². The van der Waals surface area contributed by atoms with Gasteiger partial charge in [-0.3, -0.25) is 9.98 Å². The molecular weight excluding hydrogens is 629 g/mol. The molecule has 4 nitrogen and oxygen atoms in total. The number of nitrogens with zero attached hydrogens (tertiary/aromatic N) is 4. The first-order chi connectivity index (χ1) is 24.8. The lowest BCUT2D eigenvalue weighted by Gasteiger charge is -2.21. The number of aromatic nitrogens is 2. The normalized spacial score (nSPS) is 13.7. The third-order valence-corrected chi connectivity index (χ3v) is 10.9. The van der Waals surface area contributed by atoms with E-state index < -0.39 is 0 Å². The van der Waals surface area contributed by atoms with Crippen LogP contribution in [0, 0.1) is 0 Å². The molecule has 9 aromatic rings. The first-order valence-electron chi connectivity index (χ1n) is 16.9. The Balaban J connectivity index is 1.14. The highest BCUT2D eigenvalue weighted by molar-refractivity contribution is 7.25. The molecular formula is C45H30N4S. The molecule has 0 fully saturated rings. The van der Waals surface area contributed by atoms with Crippen LogP contribution in [0.5, 0.6) is 0 Å². The molecule has 6 aromatic carbocycles. The Morgan fingerprint density at radius 3 is 1.84 bits per heavy atom. The molecule has 0 amide bonds. The Hall–Kier alpha value is -6.17. The summed E-state index contributed by atoms with van der Waals surface area (Å²) in [6.07, 6.45) is 2.23. The number of aliphatic imine (C=N–C) groups is 2.